The minimum atomic E-state index is 0.411. The fourth-order valence-electron chi connectivity index (χ4n) is 3.29. The molecule has 3 unspecified atom stereocenters. The highest BCUT2D eigenvalue weighted by atomic mass is 35.5. The van der Waals surface area contributed by atoms with E-state index in [9.17, 15) is 0 Å². The van der Waals surface area contributed by atoms with Crippen molar-refractivity contribution in [3.8, 4) is 5.75 Å². The zero-order valence-corrected chi connectivity index (χ0v) is 15.3. The number of hydrogen-bond acceptors (Lipinski definition) is 2. The highest BCUT2D eigenvalue weighted by molar-refractivity contribution is 6.32. The molecule has 0 radical (unpaired) electrons. The van der Waals surface area contributed by atoms with E-state index >= 15 is 0 Å². The van der Waals surface area contributed by atoms with E-state index in [1.54, 1.807) is 0 Å². The Morgan fingerprint density at radius 2 is 1.95 bits per heavy atom. The Morgan fingerprint density at radius 1 is 1.23 bits per heavy atom. The van der Waals surface area contributed by atoms with Crippen LogP contribution in [0.2, 0.25) is 5.02 Å². The molecule has 1 aliphatic heterocycles. The molecule has 0 amide bonds. The summed E-state index contributed by atoms with van der Waals surface area (Å²) >= 11 is 6.51. The molecule has 2 nitrogen and oxygen atoms in total. The van der Waals surface area contributed by atoms with Crippen LogP contribution < -0.4 is 4.74 Å². The molecule has 22 heavy (non-hydrogen) atoms. The summed E-state index contributed by atoms with van der Waals surface area (Å²) in [5.74, 6) is 1.47. The van der Waals surface area contributed by atoms with Crippen LogP contribution in [0.3, 0.4) is 0 Å². The van der Waals surface area contributed by atoms with E-state index in [1.165, 1.54) is 11.1 Å². The lowest BCUT2D eigenvalue weighted by atomic mass is 9.86. The molecule has 1 aromatic carbocycles. The van der Waals surface area contributed by atoms with Gasteiger partial charge in [0.1, 0.15) is 5.75 Å². The van der Waals surface area contributed by atoms with Crippen LogP contribution in [-0.2, 0) is 4.74 Å². The van der Waals surface area contributed by atoms with Crippen molar-refractivity contribution < 1.29 is 9.47 Å². The number of rotatable bonds is 8. The Kier molecular flexibility index (Phi) is 6.17. The maximum atomic E-state index is 6.51. The van der Waals surface area contributed by atoms with E-state index in [0.29, 0.717) is 18.1 Å². The standard InChI is InChI=1S/C19H29ClO2/c1-6-9-21-17-10-12(4)19(20)13(5)18(17)14(7-2)11-16-15(8-3)22-16/h10,14-16H,6-9,11H2,1-5H3. The number of aryl methyl sites for hydroxylation is 1. The Bertz CT molecular complexity index is 513. The average molecular weight is 325 g/mol. The van der Waals surface area contributed by atoms with E-state index < -0.39 is 0 Å². The largest absolute Gasteiger partial charge is 0.493 e. The maximum Gasteiger partial charge on any atom is 0.123 e. The predicted octanol–water partition coefficient (Wildman–Crippen LogP) is 5.81. The van der Waals surface area contributed by atoms with Crippen LogP contribution in [0, 0.1) is 13.8 Å². The summed E-state index contributed by atoms with van der Waals surface area (Å²) in [4.78, 5) is 0. The average Bonchev–Trinajstić information content (AvgIpc) is 3.27. The first-order valence-corrected chi connectivity index (χ1v) is 8.98. The second-order valence-electron chi connectivity index (χ2n) is 6.35. The van der Waals surface area contributed by atoms with Gasteiger partial charge >= 0.3 is 0 Å². The molecular weight excluding hydrogens is 296 g/mol. The molecule has 0 bridgehead atoms. The Hall–Kier alpha value is -0.730. The van der Waals surface area contributed by atoms with Crippen molar-refractivity contribution in [3.05, 3.63) is 27.8 Å². The molecule has 0 saturated carbocycles. The van der Waals surface area contributed by atoms with Gasteiger partial charge in [-0.3, -0.25) is 0 Å². The van der Waals surface area contributed by atoms with Gasteiger partial charge in [-0.2, -0.15) is 0 Å². The summed E-state index contributed by atoms with van der Waals surface area (Å²) in [5, 5.41) is 0.876. The molecule has 0 aliphatic carbocycles. The number of epoxide rings is 1. The number of benzene rings is 1. The minimum Gasteiger partial charge on any atom is -0.493 e. The molecule has 0 aromatic heterocycles. The molecule has 1 aliphatic rings. The lowest BCUT2D eigenvalue weighted by Gasteiger charge is -2.23. The Balaban J connectivity index is 2.30. The van der Waals surface area contributed by atoms with Crippen molar-refractivity contribution in [1.82, 2.24) is 0 Å². The molecule has 1 saturated heterocycles. The van der Waals surface area contributed by atoms with Crippen LogP contribution in [0.1, 0.15) is 69.1 Å². The zero-order chi connectivity index (χ0) is 16.3. The van der Waals surface area contributed by atoms with Crippen molar-refractivity contribution in [2.45, 2.75) is 78.4 Å². The SMILES string of the molecule is CCCOc1cc(C)c(Cl)c(C)c1C(CC)CC1OC1CC. The van der Waals surface area contributed by atoms with Gasteiger partial charge in [-0.1, -0.05) is 32.4 Å². The molecule has 2 rings (SSSR count). The fourth-order valence-corrected chi connectivity index (χ4v) is 3.45. The third-order valence-corrected chi connectivity index (χ3v) is 5.24. The molecule has 124 valence electrons. The summed E-state index contributed by atoms with van der Waals surface area (Å²) in [6, 6.07) is 2.11. The van der Waals surface area contributed by atoms with Gasteiger partial charge in [0.05, 0.1) is 18.8 Å². The van der Waals surface area contributed by atoms with E-state index in [1.807, 2.05) is 0 Å². The Labute approximate surface area is 140 Å². The third-order valence-electron chi connectivity index (χ3n) is 4.66. The van der Waals surface area contributed by atoms with Gasteiger partial charge in [-0.15, -0.1) is 0 Å². The number of hydrogen-bond donors (Lipinski definition) is 0. The lowest BCUT2D eigenvalue weighted by Crippen LogP contribution is -2.10. The normalized spacial score (nSPS) is 21.7. The molecule has 1 heterocycles. The number of ether oxygens (including phenoxy) is 2. The summed E-state index contributed by atoms with van der Waals surface area (Å²) in [6.45, 7) is 11.5. The van der Waals surface area contributed by atoms with Crippen molar-refractivity contribution in [1.29, 1.82) is 0 Å². The van der Waals surface area contributed by atoms with Gasteiger partial charge in [0.15, 0.2) is 0 Å². The minimum absolute atomic E-state index is 0.411. The molecule has 0 N–H and O–H groups in total. The summed E-state index contributed by atoms with van der Waals surface area (Å²) in [6.07, 6.45) is 5.13. The molecule has 0 spiro atoms. The first-order chi connectivity index (χ1) is 10.5. The van der Waals surface area contributed by atoms with E-state index in [-0.39, 0.29) is 0 Å². The molecular formula is C19H29ClO2. The van der Waals surface area contributed by atoms with Gasteiger partial charge in [0.25, 0.3) is 0 Å². The van der Waals surface area contributed by atoms with Crippen LogP contribution >= 0.6 is 11.6 Å². The monoisotopic (exact) mass is 324 g/mol. The van der Waals surface area contributed by atoms with Crippen molar-refractivity contribution in [2.24, 2.45) is 0 Å². The Morgan fingerprint density at radius 3 is 2.50 bits per heavy atom. The van der Waals surface area contributed by atoms with Gasteiger partial charge in [0.2, 0.25) is 0 Å². The van der Waals surface area contributed by atoms with Crippen molar-refractivity contribution >= 4 is 11.6 Å². The quantitative estimate of drug-likeness (QED) is 0.563. The van der Waals surface area contributed by atoms with Crippen molar-refractivity contribution in [2.75, 3.05) is 6.61 Å². The van der Waals surface area contributed by atoms with Gasteiger partial charge < -0.3 is 9.47 Å². The molecule has 1 aromatic rings. The van der Waals surface area contributed by atoms with E-state index in [2.05, 4.69) is 40.7 Å². The van der Waals surface area contributed by atoms with Crippen molar-refractivity contribution in [3.63, 3.8) is 0 Å². The second kappa shape index (κ2) is 7.70. The third kappa shape index (κ3) is 3.78. The van der Waals surface area contributed by atoms with Crippen LogP contribution in [-0.4, -0.2) is 18.8 Å². The maximum absolute atomic E-state index is 6.51. The van der Waals surface area contributed by atoms with E-state index in [4.69, 9.17) is 21.1 Å². The molecule has 3 heteroatoms. The second-order valence-corrected chi connectivity index (χ2v) is 6.73. The summed E-state index contributed by atoms with van der Waals surface area (Å²) in [7, 11) is 0. The van der Waals surface area contributed by atoms with Crippen LogP contribution in [0.15, 0.2) is 6.07 Å². The first kappa shape index (κ1) is 17.6. The van der Waals surface area contributed by atoms with Gasteiger partial charge in [-0.25, -0.2) is 0 Å². The van der Waals surface area contributed by atoms with E-state index in [0.717, 1.165) is 48.6 Å². The van der Waals surface area contributed by atoms with Crippen LogP contribution in [0.5, 0.6) is 5.75 Å². The lowest BCUT2D eigenvalue weighted by molar-refractivity contribution is 0.307. The van der Waals surface area contributed by atoms with Gasteiger partial charge in [-0.05, 0) is 62.6 Å². The molecule has 3 atom stereocenters. The highest BCUT2D eigenvalue weighted by Gasteiger charge is 2.39. The topological polar surface area (TPSA) is 21.8 Å². The smallest absolute Gasteiger partial charge is 0.123 e. The van der Waals surface area contributed by atoms with Crippen LogP contribution in [0.4, 0.5) is 0 Å². The van der Waals surface area contributed by atoms with Crippen LogP contribution in [0.25, 0.3) is 0 Å². The summed E-state index contributed by atoms with van der Waals surface area (Å²) < 4.78 is 11.8. The zero-order valence-electron chi connectivity index (χ0n) is 14.5. The predicted molar refractivity (Wildman–Crippen MR) is 93.3 cm³/mol. The van der Waals surface area contributed by atoms with Gasteiger partial charge in [0, 0.05) is 10.6 Å². The fraction of sp³-hybridized carbons (Fsp3) is 0.684. The molecule has 1 fully saturated rings. The first-order valence-electron chi connectivity index (χ1n) is 8.61. The number of halogens is 1. The summed E-state index contributed by atoms with van der Waals surface area (Å²) in [5.41, 5.74) is 3.56. The highest BCUT2D eigenvalue weighted by Crippen LogP contribution is 2.43.